The number of hydrogen-bond donors (Lipinski definition) is 2. The number of piperidine rings is 1. The summed E-state index contributed by atoms with van der Waals surface area (Å²) in [7, 11) is 2.18. The number of nitrogens with two attached hydrogens (primary N) is 1. The average molecular weight is 295 g/mol. The monoisotopic (exact) mass is 295 g/mol. The fourth-order valence-electron chi connectivity index (χ4n) is 4.09. The van der Waals surface area contributed by atoms with Gasteiger partial charge in [0.1, 0.15) is 11.6 Å². The summed E-state index contributed by atoms with van der Waals surface area (Å²) >= 11 is 0. The first-order valence-electron chi connectivity index (χ1n) is 7.71. The number of nitrogens with one attached hydrogen (secondary N) is 1. The van der Waals surface area contributed by atoms with Crippen LogP contribution in [0.3, 0.4) is 0 Å². The molecule has 5 heteroatoms. The summed E-state index contributed by atoms with van der Waals surface area (Å²) in [5, 5.41) is 0. The highest BCUT2D eigenvalue weighted by Crippen LogP contribution is 2.39. The second-order valence-corrected chi connectivity index (χ2v) is 6.46. The predicted octanol–water partition coefficient (Wildman–Crippen LogP) is 2.21. The number of nitrogens with zero attached hydrogens (tertiary/aromatic N) is 1. The molecule has 116 valence electrons. The zero-order chi connectivity index (χ0) is 15.0. The van der Waals surface area contributed by atoms with E-state index in [0.29, 0.717) is 24.4 Å². The lowest BCUT2D eigenvalue weighted by Crippen LogP contribution is -2.49. The summed E-state index contributed by atoms with van der Waals surface area (Å²) in [6, 6.07) is 5.13. The minimum Gasteiger partial charge on any atom is -0.300 e. The van der Waals surface area contributed by atoms with Gasteiger partial charge in [0.25, 0.3) is 0 Å². The average Bonchev–Trinajstić information content (AvgIpc) is 2.69. The molecule has 3 N–H and O–H groups in total. The van der Waals surface area contributed by atoms with Gasteiger partial charge in [-0.05, 0) is 57.2 Å². The topological polar surface area (TPSA) is 41.3 Å². The van der Waals surface area contributed by atoms with Gasteiger partial charge in [-0.15, -0.1) is 0 Å². The largest absolute Gasteiger partial charge is 0.300 e. The molecule has 3 nitrogen and oxygen atoms in total. The Kier molecular flexibility index (Phi) is 4.24. The van der Waals surface area contributed by atoms with Gasteiger partial charge in [-0.1, -0.05) is 6.07 Å². The maximum Gasteiger partial charge on any atom is 0.129 e. The SMILES string of the molecule is CN1C2CCC1CC(C(Cc1c(F)cccc1F)NN)C2. The Bertz CT molecular complexity index is 474. The summed E-state index contributed by atoms with van der Waals surface area (Å²) in [5.41, 5.74) is 2.95. The third-order valence-electron chi connectivity index (χ3n) is 5.40. The molecule has 3 rings (SSSR count). The molecule has 3 atom stereocenters. The standard InChI is InChI=1S/C16H23F2N3/c1-21-11-5-6-12(21)8-10(7-11)16(20-19)9-13-14(17)3-2-4-15(13)18/h2-4,10-12,16,20H,5-9,19H2,1H3. The van der Waals surface area contributed by atoms with E-state index >= 15 is 0 Å². The summed E-state index contributed by atoms with van der Waals surface area (Å²) in [6.07, 6.45) is 4.87. The van der Waals surface area contributed by atoms with Crippen LogP contribution in [-0.4, -0.2) is 30.1 Å². The first-order valence-corrected chi connectivity index (χ1v) is 7.71. The van der Waals surface area contributed by atoms with Gasteiger partial charge in [0.15, 0.2) is 0 Å². The summed E-state index contributed by atoms with van der Waals surface area (Å²) in [4.78, 5) is 2.45. The minimum atomic E-state index is -0.480. The van der Waals surface area contributed by atoms with E-state index in [1.165, 1.54) is 31.0 Å². The van der Waals surface area contributed by atoms with Crippen LogP contribution >= 0.6 is 0 Å². The van der Waals surface area contributed by atoms with Crippen LogP contribution in [0.1, 0.15) is 31.2 Å². The second kappa shape index (κ2) is 5.99. The van der Waals surface area contributed by atoms with E-state index in [-0.39, 0.29) is 11.6 Å². The molecular formula is C16H23F2N3. The third kappa shape index (κ3) is 2.82. The van der Waals surface area contributed by atoms with Crippen molar-refractivity contribution in [2.24, 2.45) is 11.8 Å². The Hall–Kier alpha value is -1.04. The lowest BCUT2D eigenvalue weighted by Gasteiger charge is -2.39. The molecule has 0 aromatic heterocycles. The molecule has 2 aliphatic rings. The molecule has 0 aliphatic carbocycles. The van der Waals surface area contributed by atoms with Gasteiger partial charge in [-0.3, -0.25) is 11.3 Å². The van der Waals surface area contributed by atoms with Crippen molar-refractivity contribution in [3.05, 3.63) is 35.4 Å². The maximum atomic E-state index is 13.8. The van der Waals surface area contributed by atoms with Crippen molar-refractivity contribution < 1.29 is 8.78 Å². The van der Waals surface area contributed by atoms with E-state index in [9.17, 15) is 8.78 Å². The van der Waals surface area contributed by atoms with Crippen LogP contribution in [0, 0.1) is 17.6 Å². The van der Waals surface area contributed by atoms with Crippen molar-refractivity contribution in [2.75, 3.05) is 7.05 Å². The Morgan fingerprint density at radius 3 is 2.33 bits per heavy atom. The molecule has 2 aliphatic heterocycles. The van der Waals surface area contributed by atoms with Crippen molar-refractivity contribution in [2.45, 2.75) is 50.2 Å². The summed E-state index contributed by atoms with van der Waals surface area (Å²) in [6.45, 7) is 0. The molecular weight excluding hydrogens is 272 g/mol. The predicted molar refractivity (Wildman–Crippen MR) is 78.5 cm³/mol. The van der Waals surface area contributed by atoms with Gasteiger partial charge in [0, 0.05) is 23.7 Å². The summed E-state index contributed by atoms with van der Waals surface area (Å²) < 4.78 is 27.7. The van der Waals surface area contributed by atoms with Crippen LogP contribution < -0.4 is 11.3 Å². The van der Waals surface area contributed by atoms with E-state index in [1.54, 1.807) is 0 Å². The normalized spacial score (nSPS) is 30.6. The minimum absolute atomic E-state index is 0.0757. The van der Waals surface area contributed by atoms with Crippen LogP contribution in [0.15, 0.2) is 18.2 Å². The first kappa shape index (κ1) is 14.9. The number of halogens is 2. The molecule has 21 heavy (non-hydrogen) atoms. The van der Waals surface area contributed by atoms with Crippen molar-refractivity contribution >= 4 is 0 Å². The smallest absolute Gasteiger partial charge is 0.129 e. The lowest BCUT2D eigenvalue weighted by atomic mass is 9.82. The zero-order valence-corrected chi connectivity index (χ0v) is 12.4. The number of fused-ring (bicyclic) bond motifs is 2. The van der Waals surface area contributed by atoms with Gasteiger partial charge < -0.3 is 4.90 Å². The van der Waals surface area contributed by atoms with Gasteiger partial charge in [-0.25, -0.2) is 8.78 Å². The molecule has 2 heterocycles. The Morgan fingerprint density at radius 2 is 1.81 bits per heavy atom. The zero-order valence-electron chi connectivity index (χ0n) is 12.4. The van der Waals surface area contributed by atoms with E-state index in [4.69, 9.17) is 5.84 Å². The van der Waals surface area contributed by atoms with Gasteiger partial charge >= 0.3 is 0 Å². The number of benzene rings is 1. The van der Waals surface area contributed by atoms with E-state index in [2.05, 4.69) is 17.4 Å². The Labute approximate surface area is 124 Å². The lowest BCUT2D eigenvalue weighted by molar-refractivity contribution is 0.112. The quantitative estimate of drug-likeness (QED) is 0.661. The van der Waals surface area contributed by atoms with Crippen LogP contribution in [0.4, 0.5) is 8.78 Å². The molecule has 3 unspecified atom stereocenters. The van der Waals surface area contributed by atoms with Gasteiger partial charge in [-0.2, -0.15) is 0 Å². The van der Waals surface area contributed by atoms with Crippen LogP contribution in [0.2, 0.25) is 0 Å². The molecule has 1 aromatic rings. The van der Waals surface area contributed by atoms with Crippen LogP contribution in [-0.2, 0) is 6.42 Å². The van der Waals surface area contributed by atoms with Gasteiger partial charge in [0.05, 0.1) is 0 Å². The van der Waals surface area contributed by atoms with E-state index in [1.807, 2.05) is 0 Å². The number of hydrogen-bond acceptors (Lipinski definition) is 3. The molecule has 2 saturated heterocycles. The van der Waals surface area contributed by atoms with Gasteiger partial charge in [0.2, 0.25) is 0 Å². The highest BCUT2D eigenvalue weighted by molar-refractivity contribution is 5.21. The third-order valence-corrected chi connectivity index (χ3v) is 5.40. The van der Waals surface area contributed by atoms with Crippen molar-refractivity contribution in [3.63, 3.8) is 0 Å². The Balaban J connectivity index is 1.74. The molecule has 2 bridgehead atoms. The molecule has 0 radical (unpaired) electrons. The highest BCUT2D eigenvalue weighted by Gasteiger charge is 2.41. The second-order valence-electron chi connectivity index (χ2n) is 6.46. The highest BCUT2D eigenvalue weighted by atomic mass is 19.1. The number of rotatable bonds is 4. The molecule has 0 saturated carbocycles. The fourth-order valence-corrected chi connectivity index (χ4v) is 4.09. The number of hydrazine groups is 1. The fraction of sp³-hybridized carbons (Fsp3) is 0.625. The van der Waals surface area contributed by atoms with Crippen molar-refractivity contribution in [1.29, 1.82) is 0 Å². The molecule has 0 spiro atoms. The molecule has 1 aromatic carbocycles. The van der Waals surface area contributed by atoms with Crippen molar-refractivity contribution in [1.82, 2.24) is 10.3 Å². The van der Waals surface area contributed by atoms with Crippen LogP contribution in [0.25, 0.3) is 0 Å². The van der Waals surface area contributed by atoms with E-state index < -0.39 is 11.6 Å². The maximum absolute atomic E-state index is 13.8. The van der Waals surface area contributed by atoms with Crippen LogP contribution in [0.5, 0.6) is 0 Å². The van der Waals surface area contributed by atoms with E-state index in [0.717, 1.165) is 12.8 Å². The molecule has 2 fully saturated rings. The van der Waals surface area contributed by atoms with Crippen molar-refractivity contribution in [3.8, 4) is 0 Å². The Morgan fingerprint density at radius 1 is 1.24 bits per heavy atom. The molecule has 0 amide bonds. The first-order chi connectivity index (χ1) is 10.1. The summed E-state index contributed by atoms with van der Waals surface area (Å²) in [5.74, 6) is 5.11.